The van der Waals surface area contributed by atoms with E-state index < -0.39 is 0 Å². The highest BCUT2D eigenvalue weighted by molar-refractivity contribution is 7.11. The molecule has 26 heavy (non-hydrogen) atoms. The molecule has 5 heteroatoms. The number of hydrogen-bond donors (Lipinski definition) is 0. The molecule has 0 N–H and O–H groups in total. The standard InChI is InChI=1S/C21H16N2O2S/c1-14-3-7-16(8-4-14)19-13-26-20(23-19)18(12-22)11-15-5-9-17(10-6-15)21(24)25-2/h3-11,13H,1-2H3. The monoisotopic (exact) mass is 360 g/mol. The lowest BCUT2D eigenvalue weighted by Gasteiger charge is -2.00. The number of thiazole rings is 1. The largest absolute Gasteiger partial charge is 0.465 e. The number of benzene rings is 2. The molecule has 1 heterocycles. The summed E-state index contributed by atoms with van der Waals surface area (Å²) in [6.07, 6.45) is 1.76. The lowest BCUT2D eigenvalue weighted by atomic mass is 10.1. The molecule has 0 bridgehead atoms. The van der Waals surface area contributed by atoms with E-state index in [0.29, 0.717) is 16.1 Å². The fourth-order valence-corrected chi connectivity index (χ4v) is 3.19. The summed E-state index contributed by atoms with van der Waals surface area (Å²) in [5.74, 6) is -0.385. The molecule has 3 aromatic rings. The zero-order valence-corrected chi connectivity index (χ0v) is 15.2. The minimum Gasteiger partial charge on any atom is -0.465 e. The van der Waals surface area contributed by atoms with Crippen LogP contribution in [0.3, 0.4) is 0 Å². The molecule has 0 aliphatic carbocycles. The average Bonchev–Trinajstić information content (AvgIpc) is 3.16. The number of esters is 1. The molecule has 128 valence electrons. The van der Waals surface area contributed by atoms with Crippen molar-refractivity contribution in [3.05, 3.63) is 75.6 Å². The van der Waals surface area contributed by atoms with Gasteiger partial charge in [-0.1, -0.05) is 42.0 Å². The summed E-state index contributed by atoms with van der Waals surface area (Å²) >= 11 is 1.44. The van der Waals surface area contributed by atoms with Crippen molar-refractivity contribution in [2.24, 2.45) is 0 Å². The van der Waals surface area contributed by atoms with Gasteiger partial charge in [-0.05, 0) is 30.7 Å². The topological polar surface area (TPSA) is 63.0 Å². The molecule has 0 unspecified atom stereocenters. The van der Waals surface area contributed by atoms with Gasteiger partial charge in [0.15, 0.2) is 0 Å². The molecule has 2 aromatic carbocycles. The fourth-order valence-electron chi connectivity index (χ4n) is 2.40. The van der Waals surface area contributed by atoms with Crippen LogP contribution in [0.15, 0.2) is 53.9 Å². The van der Waals surface area contributed by atoms with E-state index in [2.05, 4.69) is 15.8 Å². The van der Waals surface area contributed by atoms with Crippen LogP contribution in [-0.2, 0) is 4.74 Å². The number of nitrogens with zero attached hydrogens (tertiary/aromatic N) is 2. The van der Waals surface area contributed by atoms with Crippen LogP contribution < -0.4 is 0 Å². The van der Waals surface area contributed by atoms with Crippen LogP contribution in [0, 0.1) is 18.3 Å². The Morgan fingerprint density at radius 1 is 1.15 bits per heavy atom. The van der Waals surface area contributed by atoms with Gasteiger partial charge in [0.2, 0.25) is 0 Å². The Balaban J connectivity index is 1.87. The van der Waals surface area contributed by atoms with Crippen LogP contribution >= 0.6 is 11.3 Å². The number of methoxy groups -OCH3 is 1. The van der Waals surface area contributed by atoms with Crippen molar-refractivity contribution in [2.75, 3.05) is 7.11 Å². The summed E-state index contributed by atoms with van der Waals surface area (Å²) in [4.78, 5) is 16.1. The van der Waals surface area contributed by atoms with Crippen molar-refractivity contribution in [3.63, 3.8) is 0 Å². The lowest BCUT2D eigenvalue weighted by molar-refractivity contribution is 0.0600. The Bertz CT molecular complexity index is 994. The summed E-state index contributed by atoms with van der Waals surface area (Å²) < 4.78 is 4.68. The Kier molecular flexibility index (Phi) is 5.26. The van der Waals surface area contributed by atoms with E-state index in [1.165, 1.54) is 24.0 Å². The molecule has 3 rings (SSSR count). The molecule has 0 radical (unpaired) electrons. The second-order valence-corrected chi connectivity index (χ2v) is 6.55. The second kappa shape index (κ2) is 7.77. The number of rotatable bonds is 4. The first-order valence-corrected chi connectivity index (χ1v) is 8.82. The summed E-state index contributed by atoms with van der Waals surface area (Å²) in [5.41, 5.74) is 4.85. The maximum Gasteiger partial charge on any atom is 0.337 e. The lowest BCUT2D eigenvalue weighted by Crippen LogP contribution is -2.00. The molecule has 0 aliphatic rings. The highest BCUT2D eigenvalue weighted by Crippen LogP contribution is 2.27. The van der Waals surface area contributed by atoms with Gasteiger partial charge < -0.3 is 4.74 Å². The number of aromatic nitrogens is 1. The van der Waals surface area contributed by atoms with Crippen LogP contribution in [0.4, 0.5) is 0 Å². The maximum atomic E-state index is 11.5. The van der Waals surface area contributed by atoms with Crippen molar-refractivity contribution in [1.82, 2.24) is 4.98 Å². The van der Waals surface area contributed by atoms with Crippen molar-refractivity contribution < 1.29 is 9.53 Å². The van der Waals surface area contributed by atoms with Gasteiger partial charge in [-0.15, -0.1) is 11.3 Å². The summed E-state index contributed by atoms with van der Waals surface area (Å²) in [6, 6.07) is 17.2. The molecule has 0 fully saturated rings. The van der Waals surface area contributed by atoms with Gasteiger partial charge in [-0.3, -0.25) is 0 Å². The Morgan fingerprint density at radius 2 is 1.85 bits per heavy atom. The Labute approximate surface area is 156 Å². The first-order chi connectivity index (χ1) is 12.6. The van der Waals surface area contributed by atoms with E-state index in [4.69, 9.17) is 0 Å². The van der Waals surface area contributed by atoms with E-state index in [0.717, 1.165) is 16.8 Å². The third-order valence-corrected chi connectivity index (χ3v) is 4.72. The zero-order chi connectivity index (χ0) is 18.5. The van der Waals surface area contributed by atoms with Crippen LogP contribution in [0.2, 0.25) is 0 Å². The summed E-state index contributed by atoms with van der Waals surface area (Å²) in [5, 5.41) is 12.1. The molecule has 0 amide bonds. The molecular formula is C21H16N2O2S. The number of carbonyl (C=O) groups is 1. The summed E-state index contributed by atoms with van der Waals surface area (Å²) in [7, 11) is 1.35. The SMILES string of the molecule is COC(=O)c1ccc(C=C(C#N)c2nc(-c3ccc(C)cc3)cs2)cc1. The number of ether oxygens (including phenoxy) is 1. The van der Waals surface area contributed by atoms with Crippen LogP contribution in [0.1, 0.15) is 26.5 Å². The fraction of sp³-hybridized carbons (Fsp3) is 0.0952. The normalized spacial score (nSPS) is 11.0. The van der Waals surface area contributed by atoms with Crippen molar-refractivity contribution in [2.45, 2.75) is 6.92 Å². The van der Waals surface area contributed by atoms with Crippen molar-refractivity contribution >= 4 is 29.0 Å². The van der Waals surface area contributed by atoms with Crippen LogP contribution in [0.25, 0.3) is 22.9 Å². The van der Waals surface area contributed by atoms with Gasteiger partial charge in [-0.25, -0.2) is 9.78 Å². The minimum atomic E-state index is -0.385. The van der Waals surface area contributed by atoms with Gasteiger partial charge in [0.25, 0.3) is 0 Å². The van der Waals surface area contributed by atoms with E-state index >= 15 is 0 Å². The quantitative estimate of drug-likeness (QED) is 0.487. The molecule has 1 aromatic heterocycles. The molecule has 0 saturated heterocycles. The minimum absolute atomic E-state index is 0.385. The molecule has 4 nitrogen and oxygen atoms in total. The molecule has 0 spiro atoms. The Morgan fingerprint density at radius 3 is 2.46 bits per heavy atom. The van der Waals surface area contributed by atoms with Gasteiger partial charge >= 0.3 is 5.97 Å². The van der Waals surface area contributed by atoms with Crippen LogP contribution in [0.5, 0.6) is 0 Å². The van der Waals surface area contributed by atoms with E-state index in [9.17, 15) is 10.1 Å². The molecular weight excluding hydrogens is 344 g/mol. The predicted molar refractivity (Wildman–Crippen MR) is 104 cm³/mol. The number of aryl methyl sites for hydroxylation is 1. The number of allylic oxidation sites excluding steroid dienone is 1. The first-order valence-electron chi connectivity index (χ1n) is 7.94. The van der Waals surface area contributed by atoms with Gasteiger partial charge in [0.1, 0.15) is 11.1 Å². The molecule has 0 aliphatic heterocycles. The highest BCUT2D eigenvalue weighted by Gasteiger charge is 2.10. The van der Waals surface area contributed by atoms with Crippen molar-refractivity contribution in [3.8, 4) is 17.3 Å². The molecule has 0 saturated carbocycles. The third-order valence-electron chi connectivity index (χ3n) is 3.85. The highest BCUT2D eigenvalue weighted by atomic mass is 32.1. The number of nitriles is 1. The zero-order valence-electron chi connectivity index (χ0n) is 14.4. The number of hydrogen-bond acceptors (Lipinski definition) is 5. The summed E-state index contributed by atoms with van der Waals surface area (Å²) in [6.45, 7) is 2.04. The van der Waals surface area contributed by atoms with Crippen LogP contribution in [-0.4, -0.2) is 18.1 Å². The van der Waals surface area contributed by atoms with E-state index in [1.807, 2.05) is 36.6 Å². The molecule has 0 atom stereocenters. The van der Waals surface area contributed by atoms with Gasteiger partial charge in [-0.2, -0.15) is 5.26 Å². The van der Waals surface area contributed by atoms with E-state index in [1.54, 1.807) is 30.3 Å². The van der Waals surface area contributed by atoms with Gasteiger partial charge in [0, 0.05) is 10.9 Å². The Hall–Kier alpha value is -3.23. The van der Waals surface area contributed by atoms with Crippen molar-refractivity contribution in [1.29, 1.82) is 5.26 Å². The third kappa shape index (κ3) is 3.88. The van der Waals surface area contributed by atoms with E-state index in [-0.39, 0.29) is 5.97 Å². The maximum absolute atomic E-state index is 11.5. The number of carbonyl (C=O) groups excluding carboxylic acids is 1. The second-order valence-electron chi connectivity index (χ2n) is 5.69. The predicted octanol–water partition coefficient (Wildman–Crippen LogP) is 4.97. The van der Waals surface area contributed by atoms with Gasteiger partial charge in [0.05, 0.1) is 23.9 Å². The average molecular weight is 360 g/mol. The first kappa shape index (κ1) is 17.6. The smallest absolute Gasteiger partial charge is 0.337 e.